The maximum atomic E-state index is 9.26. The maximum absolute atomic E-state index is 9.26. The van der Waals surface area contributed by atoms with Crippen LogP contribution in [0.25, 0.3) is 0 Å². The minimum Gasteiger partial charge on any atom is -0.395 e. The van der Waals surface area contributed by atoms with Gasteiger partial charge in [-0.25, -0.2) is 0 Å². The van der Waals surface area contributed by atoms with Crippen molar-refractivity contribution in [2.75, 3.05) is 25.1 Å². The topological polar surface area (TPSA) is 35.5 Å². The van der Waals surface area contributed by atoms with E-state index in [0.29, 0.717) is 12.6 Å². The highest BCUT2D eigenvalue weighted by Gasteiger charge is 2.26. The first-order chi connectivity index (χ1) is 8.76. The summed E-state index contributed by atoms with van der Waals surface area (Å²) < 4.78 is 0. The lowest BCUT2D eigenvalue weighted by molar-refractivity contribution is 0.283. The van der Waals surface area contributed by atoms with Crippen molar-refractivity contribution in [2.45, 2.75) is 31.8 Å². The molecular weight excluding hydrogens is 248 g/mol. The largest absolute Gasteiger partial charge is 0.395 e. The molecule has 0 aliphatic heterocycles. The minimum absolute atomic E-state index is 0.193. The molecule has 3 nitrogen and oxygen atoms in total. The number of hydrogen-bond donors (Lipinski definition) is 2. The lowest BCUT2D eigenvalue weighted by atomic mass is 9.90. The molecule has 0 radical (unpaired) electrons. The molecule has 0 atom stereocenters. The average Bonchev–Trinajstić information content (AvgIpc) is 2.27. The quantitative estimate of drug-likeness (QED) is 0.832. The van der Waals surface area contributed by atoms with Crippen molar-refractivity contribution < 1.29 is 5.11 Å². The summed E-state index contributed by atoms with van der Waals surface area (Å²) in [5.74, 6) is 0. The van der Waals surface area contributed by atoms with E-state index in [2.05, 4.69) is 16.3 Å². The third kappa shape index (κ3) is 2.97. The molecule has 100 valence electrons. The van der Waals surface area contributed by atoms with Crippen molar-refractivity contribution in [1.29, 1.82) is 0 Å². The fraction of sp³-hybridized carbons (Fsp3) is 0.571. The first-order valence-corrected chi connectivity index (χ1v) is 6.94. The smallest absolute Gasteiger partial charge is 0.0606 e. The van der Waals surface area contributed by atoms with Gasteiger partial charge in [0.05, 0.1) is 6.61 Å². The highest BCUT2D eigenvalue weighted by Crippen LogP contribution is 2.32. The predicted molar refractivity (Wildman–Crippen MR) is 76.3 cm³/mol. The lowest BCUT2D eigenvalue weighted by Crippen LogP contribution is -2.42. The number of halogens is 1. The molecule has 0 saturated heterocycles. The van der Waals surface area contributed by atoms with Gasteiger partial charge >= 0.3 is 0 Å². The summed E-state index contributed by atoms with van der Waals surface area (Å²) in [6.45, 7) is 1.69. The monoisotopic (exact) mass is 268 g/mol. The van der Waals surface area contributed by atoms with Crippen LogP contribution in [-0.2, 0) is 6.54 Å². The lowest BCUT2D eigenvalue weighted by Gasteiger charge is -2.40. The van der Waals surface area contributed by atoms with Gasteiger partial charge in [-0.3, -0.25) is 0 Å². The first kappa shape index (κ1) is 13.7. The van der Waals surface area contributed by atoms with E-state index in [1.165, 1.54) is 30.5 Å². The number of benzene rings is 1. The summed E-state index contributed by atoms with van der Waals surface area (Å²) in [6, 6.07) is 6.59. The Morgan fingerprint density at radius 1 is 1.44 bits per heavy atom. The predicted octanol–water partition coefficient (Wildman–Crippen LogP) is 2.41. The zero-order valence-electron chi connectivity index (χ0n) is 10.8. The van der Waals surface area contributed by atoms with Crippen LogP contribution in [0, 0.1) is 0 Å². The molecule has 1 saturated carbocycles. The van der Waals surface area contributed by atoms with Crippen molar-refractivity contribution in [2.24, 2.45) is 0 Å². The van der Waals surface area contributed by atoms with Crippen molar-refractivity contribution in [1.82, 2.24) is 5.32 Å². The number of rotatable bonds is 6. The molecular formula is C14H21ClN2O. The van der Waals surface area contributed by atoms with Crippen molar-refractivity contribution >= 4 is 17.3 Å². The Kier molecular flexibility index (Phi) is 4.87. The first-order valence-electron chi connectivity index (χ1n) is 6.56. The summed E-state index contributed by atoms with van der Waals surface area (Å²) in [5, 5.41) is 13.2. The summed E-state index contributed by atoms with van der Waals surface area (Å²) in [5.41, 5.74) is 2.40. The molecule has 18 heavy (non-hydrogen) atoms. The number of aliphatic hydroxyl groups is 1. The molecule has 2 rings (SSSR count). The molecule has 1 fully saturated rings. The molecule has 1 aliphatic rings. The molecule has 1 aromatic rings. The van der Waals surface area contributed by atoms with E-state index in [1.807, 2.05) is 19.2 Å². The van der Waals surface area contributed by atoms with Crippen LogP contribution in [-0.4, -0.2) is 31.3 Å². The van der Waals surface area contributed by atoms with Gasteiger partial charge in [-0.2, -0.15) is 0 Å². The fourth-order valence-electron chi connectivity index (χ4n) is 2.47. The van der Waals surface area contributed by atoms with Gasteiger partial charge in [-0.15, -0.1) is 0 Å². The van der Waals surface area contributed by atoms with Gasteiger partial charge in [-0.05, 0) is 50.1 Å². The van der Waals surface area contributed by atoms with Crippen molar-refractivity contribution in [3.63, 3.8) is 0 Å². The summed E-state index contributed by atoms with van der Waals surface area (Å²) in [7, 11) is 1.93. The van der Waals surface area contributed by atoms with Crippen LogP contribution >= 0.6 is 11.6 Å². The average molecular weight is 269 g/mol. The van der Waals surface area contributed by atoms with Gasteiger partial charge in [0.25, 0.3) is 0 Å². The number of anilines is 1. The van der Waals surface area contributed by atoms with E-state index in [4.69, 9.17) is 11.6 Å². The second-order valence-electron chi connectivity index (χ2n) is 4.81. The Balaban J connectivity index is 2.26. The summed E-state index contributed by atoms with van der Waals surface area (Å²) in [4.78, 5) is 2.33. The van der Waals surface area contributed by atoms with Crippen molar-refractivity contribution in [3.05, 3.63) is 28.8 Å². The Morgan fingerprint density at radius 2 is 2.22 bits per heavy atom. The zero-order chi connectivity index (χ0) is 13.0. The Bertz CT molecular complexity index is 393. The molecule has 0 heterocycles. The standard InChI is InChI=1S/C14H21ClN2O/c1-16-10-11-9-12(15)5-6-14(11)17(7-8-18)13-3-2-4-13/h5-6,9,13,16,18H,2-4,7-8,10H2,1H3. The molecule has 0 aromatic heterocycles. The third-order valence-corrected chi connectivity index (χ3v) is 3.81. The van der Waals surface area contributed by atoms with Crippen LogP contribution in [0.5, 0.6) is 0 Å². The number of nitrogens with zero attached hydrogens (tertiary/aromatic N) is 1. The van der Waals surface area contributed by atoms with Crippen LogP contribution in [0.3, 0.4) is 0 Å². The Morgan fingerprint density at radius 3 is 2.78 bits per heavy atom. The number of nitrogens with one attached hydrogen (secondary N) is 1. The Labute approximate surface area is 114 Å². The van der Waals surface area contributed by atoms with E-state index in [0.717, 1.165) is 11.6 Å². The summed E-state index contributed by atoms with van der Waals surface area (Å²) >= 11 is 6.07. The molecule has 0 spiro atoms. The number of aliphatic hydroxyl groups excluding tert-OH is 1. The highest BCUT2D eigenvalue weighted by molar-refractivity contribution is 6.30. The van der Waals surface area contributed by atoms with Crippen LogP contribution in [0.15, 0.2) is 18.2 Å². The molecule has 0 amide bonds. The maximum Gasteiger partial charge on any atom is 0.0606 e. The molecule has 0 unspecified atom stereocenters. The SMILES string of the molecule is CNCc1cc(Cl)ccc1N(CCO)C1CCC1. The highest BCUT2D eigenvalue weighted by atomic mass is 35.5. The van der Waals surface area contributed by atoms with E-state index in [-0.39, 0.29) is 6.61 Å². The summed E-state index contributed by atoms with van der Waals surface area (Å²) in [6.07, 6.45) is 3.74. The number of hydrogen-bond acceptors (Lipinski definition) is 3. The van der Waals surface area contributed by atoms with Gasteiger partial charge < -0.3 is 15.3 Å². The molecule has 2 N–H and O–H groups in total. The van der Waals surface area contributed by atoms with Gasteiger partial charge in [0.15, 0.2) is 0 Å². The van der Waals surface area contributed by atoms with E-state index < -0.39 is 0 Å². The second kappa shape index (κ2) is 6.41. The van der Waals surface area contributed by atoms with Crippen LogP contribution in [0.2, 0.25) is 5.02 Å². The molecule has 1 aliphatic carbocycles. The molecule has 0 bridgehead atoms. The van der Waals surface area contributed by atoms with E-state index in [1.54, 1.807) is 0 Å². The van der Waals surface area contributed by atoms with Crippen LogP contribution in [0.1, 0.15) is 24.8 Å². The third-order valence-electron chi connectivity index (χ3n) is 3.57. The minimum atomic E-state index is 0.193. The van der Waals surface area contributed by atoms with E-state index >= 15 is 0 Å². The molecule has 1 aromatic carbocycles. The van der Waals surface area contributed by atoms with Gasteiger partial charge in [0.1, 0.15) is 0 Å². The fourth-order valence-corrected chi connectivity index (χ4v) is 2.67. The van der Waals surface area contributed by atoms with Crippen LogP contribution in [0.4, 0.5) is 5.69 Å². The second-order valence-corrected chi connectivity index (χ2v) is 5.24. The Hall–Kier alpha value is -0.770. The van der Waals surface area contributed by atoms with Gasteiger partial charge in [0.2, 0.25) is 0 Å². The van der Waals surface area contributed by atoms with E-state index in [9.17, 15) is 5.11 Å². The van der Waals surface area contributed by atoms with Gasteiger partial charge in [-0.1, -0.05) is 11.6 Å². The van der Waals surface area contributed by atoms with Crippen molar-refractivity contribution in [3.8, 4) is 0 Å². The van der Waals surface area contributed by atoms with Gasteiger partial charge in [0, 0.05) is 29.8 Å². The zero-order valence-corrected chi connectivity index (χ0v) is 11.6. The van der Waals surface area contributed by atoms with Crippen LogP contribution < -0.4 is 10.2 Å². The molecule has 4 heteroatoms. The normalized spacial score (nSPS) is 15.5.